The third-order valence-electron chi connectivity index (χ3n) is 3.00. The summed E-state index contributed by atoms with van der Waals surface area (Å²) >= 11 is 3.28. The van der Waals surface area contributed by atoms with Gasteiger partial charge in [0.2, 0.25) is 0 Å². The smallest absolute Gasteiger partial charge is 0.268 e. The minimum atomic E-state index is -0.0385. The Labute approximate surface area is 115 Å². The number of aryl methyl sites for hydroxylation is 3. The minimum Gasteiger partial charge on any atom is -0.294 e. The molecule has 94 valence electrons. The van der Waals surface area contributed by atoms with E-state index in [0.29, 0.717) is 11.0 Å². The van der Waals surface area contributed by atoms with E-state index in [1.807, 2.05) is 6.92 Å². The average Bonchev–Trinajstić information content (AvgIpc) is 2.34. The molecule has 0 bridgehead atoms. The second kappa shape index (κ2) is 5.06. The van der Waals surface area contributed by atoms with Gasteiger partial charge < -0.3 is 0 Å². The van der Waals surface area contributed by atoms with Crippen molar-refractivity contribution in [3.63, 3.8) is 0 Å². The first kappa shape index (κ1) is 13.0. The Morgan fingerprint density at radius 2 is 2.00 bits per heavy atom. The lowest BCUT2D eigenvalue weighted by atomic mass is 10.1. The van der Waals surface area contributed by atoms with Crippen molar-refractivity contribution in [1.82, 2.24) is 9.55 Å². The zero-order valence-corrected chi connectivity index (χ0v) is 12.3. The zero-order valence-electron chi connectivity index (χ0n) is 10.7. The Balaban J connectivity index is 2.44. The number of nitrogens with zero attached hydrogens (tertiary/aromatic N) is 2. The molecule has 0 saturated heterocycles. The van der Waals surface area contributed by atoms with Crippen molar-refractivity contribution >= 4 is 15.9 Å². The van der Waals surface area contributed by atoms with Gasteiger partial charge in [0.1, 0.15) is 4.47 Å². The van der Waals surface area contributed by atoms with Crippen LogP contribution in [-0.2, 0) is 6.54 Å². The molecule has 0 spiro atoms. The predicted octanol–water partition coefficient (Wildman–Crippen LogP) is 2.98. The van der Waals surface area contributed by atoms with Gasteiger partial charge in [0.15, 0.2) is 0 Å². The van der Waals surface area contributed by atoms with Crippen LogP contribution in [0.2, 0.25) is 0 Å². The standard InChI is InChI=1S/C14H15BrN2O/c1-9-4-5-10(2)12(6-9)7-17-8-16-11(3)13(15)14(17)18/h4-6,8H,7H2,1-3H3. The van der Waals surface area contributed by atoms with Crippen LogP contribution in [0.15, 0.2) is 33.8 Å². The third-order valence-corrected chi connectivity index (χ3v) is 3.92. The van der Waals surface area contributed by atoms with Gasteiger partial charge in [-0.25, -0.2) is 4.98 Å². The highest BCUT2D eigenvalue weighted by Gasteiger charge is 2.07. The van der Waals surface area contributed by atoms with Crippen LogP contribution in [0.25, 0.3) is 0 Å². The first-order valence-electron chi connectivity index (χ1n) is 5.76. The third kappa shape index (κ3) is 2.53. The highest BCUT2D eigenvalue weighted by molar-refractivity contribution is 9.10. The Morgan fingerprint density at radius 3 is 2.72 bits per heavy atom. The van der Waals surface area contributed by atoms with Gasteiger partial charge in [-0.1, -0.05) is 23.8 Å². The van der Waals surface area contributed by atoms with E-state index in [4.69, 9.17) is 0 Å². The molecule has 1 heterocycles. The molecular formula is C14H15BrN2O. The molecule has 0 unspecified atom stereocenters. The van der Waals surface area contributed by atoms with Crippen molar-refractivity contribution in [2.45, 2.75) is 27.3 Å². The Bertz CT molecular complexity index is 647. The van der Waals surface area contributed by atoms with Gasteiger partial charge in [-0.05, 0) is 47.8 Å². The van der Waals surface area contributed by atoms with Gasteiger partial charge in [-0.3, -0.25) is 9.36 Å². The van der Waals surface area contributed by atoms with Crippen LogP contribution in [0.4, 0.5) is 0 Å². The molecule has 2 rings (SSSR count). The highest BCUT2D eigenvalue weighted by Crippen LogP contribution is 2.12. The molecule has 0 aliphatic rings. The SMILES string of the molecule is Cc1ccc(C)c(Cn2cnc(C)c(Br)c2=O)c1. The maximum absolute atomic E-state index is 12.1. The van der Waals surface area contributed by atoms with Gasteiger partial charge in [0.05, 0.1) is 18.6 Å². The maximum atomic E-state index is 12.1. The number of rotatable bonds is 2. The molecule has 0 amide bonds. The molecule has 2 aromatic rings. The number of aromatic nitrogens is 2. The summed E-state index contributed by atoms with van der Waals surface area (Å²) in [5, 5.41) is 0. The summed E-state index contributed by atoms with van der Waals surface area (Å²) in [7, 11) is 0. The van der Waals surface area contributed by atoms with Crippen LogP contribution < -0.4 is 5.56 Å². The fourth-order valence-electron chi connectivity index (χ4n) is 1.81. The first-order valence-corrected chi connectivity index (χ1v) is 6.56. The van der Waals surface area contributed by atoms with E-state index >= 15 is 0 Å². The molecule has 0 aliphatic carbocycles. The number of hydrogen-bond donors (Lipinski definition) is 0. The minimum absolute atomic E-state index is 0.0385. The second-order valence-electron chi connectivity index (χ2n) is 4.51. The molecule has 0 fully saturated rings. The number of halogens is 1. The Morgan fingerprint density at radius 1 is 1.28 bits per heavy atom. The summed E-state index contributed by atoms with van der Waals surface area (Å²) in [4.78, 5) is 16.3. The Kier molecular flexibility index (Phi) is 3.66. The fraction of sp³-hybridized carbons (Fsp3) is 0.286. The van der Waals surface area contributed by atoms with Crippen LogP contribution >= 0.6 is 15.9 Å². The van der Waals surface area contributed by atoms with Gasteiger partial charge in [-0.15, -0.1) is 0 Å². The lowest BCUT2D eigenvalue weighted by Crippen LogP contribution is -2.23. The van der Waals surface area contributed by atoms with E-state index in [1.165, 1.54) is 11.1 Å². The van der Waals surface area contributed by atoms with Crippen molar-refractivity contribution in [2.24, 2.45) is 0 Å². The predicted molar refractivity (Wildman–Crippen MR) is 76.0 cm³/mol. The summed E-state index contributed by atoms with van der Waals surface area (Å²) in [5.41, 5.74) is 4.21. The van der Waals surface area contributed by atoms with Gasteiger partial charge in [0.25, 0.3) is 5.56 Å². The van der Waals surface area contributed by atoms with Gasteiger partial charge >= 0.3 is 0 Å². The number of hydrogen-bond acceptors (Lipinski definition) is 2. The summed E-state index contributed by atoms with van der Waals surface area (Å²) in [6.07, 6.45) is 1.60. The monoisotopic (exact) mass is 306 g/mol. The zero-order chi connectivity index (χ0) is 13.3. The second-order valence-corrected chi connectivity index (χ2v) is 5.30. The lowest BCUT2D eigenvalue weighted by molar-refractivity contribution is 0.720. The quantitative estimate of drug-likeness (QED) is 0.855. The number of benzene rings is 1. The van der Waals surface area contributed by atoms with E-state index in [9.17, 15) is 4.79 Å². The summed E-state index contributed by atoms with van der Waals surface area (Å²) < 4.78 is 2.16. The van der Waals surface area contributed by atoms with Gasteiger partial charge in [0, 0.05) is 0 Å². The topological polar surface area (TPSA) is 34.9 Å². The highest BCUT2D eigenvalue weighted by atomic mass is 79.9. The van der Waals surface area contributed by atoms with E-state index in [-0.39, 0.29) is 5.56 Å². The molecule has 3 nitrogen and oxygen atoms in total. The van der Waals surface area contributed by atoms with Crippen LogP contribution in [0.3, 0.4) is 0 Å². The van der Waals surface area contributed by atoms with Crippen LogP contribution in [0, 0.1) is 20.8 Å². The first-order chi connectivity index (χ1) is 8.49. The molecular weight excluding hydrogens is 292 g/mol. The van der Waals surface area contributed by atoms with Gasteiger partial charge in [-0.2, -0.15) is 0 Å². The molecule has 4 heteroatoms. The van der Waals surface area contributed by atoms with E-state index in [0.717, 1.165) is 11.3 Å². The molecule has 1 aromatic heterocycles. The van der Waals surface area contributed by atoms with Crippen molar-refractivity contribution < 1.29 is 0 Å². The summed E-state index contributed by atoms with van der Waals surface area (Å²) in [6, 6.07) is 6.26. The van der Waals surface area contributed by atoms with Crippen molar-refractivity contribution in [1.29, 1.82) is 0 Å². The van der Waals surface area contributed by atoms with Crippen LogP contribution in [-0.4, -0.2) is 9.55 Å². The molecule has 1 aromatic carbocycles. The summed E-state index contributed by atoms with van der Waals surface area (Å²) in [6.45, 7) is 6.47. The Hall–Kier alpha value is -1.42. The largest absolute Gasteiger partial charge is 0.294 e. The molecule has 0 radical (unpaired) electrons. The lowest BCUT2D eigenvalue weighted by Gasteiger charge is -2.10. The van der Waals surface area contributed by atoms with Crippen LogP contribution in [0.1, 0.15) is 22.4 Å². The summed E-state index contributed by atoms with van der Waals surface area (Å²) in [5.74, 6) is 0. The average molecular weight is 307 g/mol. The van der Waals surface area contributed by atoms with Crippen LogP contribution in [0.5, 0.6) is 0 Å². The maximum Gasteiger partial charge on any atom is 0.268 e. The fourth-order valence-corrected chi connectivity index (χ4v) is 2.14. The molecule has 0 aliphatic heterocycles. The normalized spacial score (nSPS) is 10.7. The molecule has 18 heavy (non-hydrogen) atoms. The molecule has 0 saturated carbocycles. The van der Waals surface area contributed by atoms with E-state index in [1.54, 1.807) is 10.9 Å². The van der Waals surface area contributed by atoms with E-state index < -0.39 is 0 Å². The molecule has 0 N–H and O–H groups in total. The van der Waals surface area contributed by atoms with Crippen molar-refractivity contribution in [3.8, 4) is 0 Å². The molecule has 0 atom stereocenters. The van der Waals surface area contributed by atoms with Crippen molar-refractivity contribution in [3.05, 3.63) is 61.7 Å². The van der Waals surface area contributed by atoms with Crippen molar-refractivity contribution in [2.75, 3.05) is 0 Å². The van der Waals surface area contributed by atoms with E-state index in [2.05, 4.69) is 53.0 Å².